The van der Waals surface area contributed by atoms with Gasteiger partial charge in [0.15, 0.2) is 0 Å². The van der Waals surface area contributed by atoms with Crippen LogP contribution in [0.3, 0.4) is 0 Å². The molecule has 11 heteroatoms. The number of rotatable bonds is 8. The largest absolute Gasteiger partial charge is 0.809 e. The number of hydrogen-bond donors (Lipinski definition) is 2. The molecule has 7 nitrogen and oxygen atoms in total. The Morgan fingerprint density at radius 1 is 1.17 bits per heavy atom. The van der Waals surface area contributed by atoms with Crippen LogP contribution in [0.1, 0.15) is 11.1 Å². The highest BCUT2D eigenvalue weighted by atomic mass is 35.5. The van der Waals surface area contributed by atoms with E-state index in [0.717, 1.165) is 18.3 Å². The maximum Gasteiger partial charge on any atom is 0.416 e. The van der Waals surface area contributed by atoms with Crippen LogP contribution < -0.4 is 20.3 Å². The van der Waals surface area contributed by atoms with Crippen LogP contribution in [0, 0.1) is 0 Å². The first-order chi connectivity index (χ1) is 16.7. The topological polar surface area (TPSA) is 79.1 Å². The molecule has 0 aromatic heterocycles. The van der Waals surface area contributed by atoms with Gasteiger partial charge in [-0.3, -0.25) is 9.69 Å². The molecule has 2 aromatic rings. The SMILES string of the molecule is CN/C(=C(/Cl)C=[N-])c1cc(NC(=O)CN2CCN(c3cccc(C(F)(F)F)c3)CC2)ccc1OC. The van der Waals surface area contributed by atoms with Crippen LogP contribution in [-0.2, 0) is 11.0 Å². The summed E-state index contributed by atoms with van der Waals surface area (Å²) >= 11 is 6.07. The maximum atomic E-state index is 13.0. The van der Waals surface area contributed by atoms with Crippen molar-refractivity contribution >= 4 is 40.8 Å². The molecule has 35 heavy (non-hydrogen) atoms. The molecule has 1 heterocycles. The Morgan fingerprint density at radius 2 is 1.89 bits per heavy atom. The average Bonchev–Trinajstić information content (AvgIpc) is 2.84. The molecule has 0 atom stereocenters. The molecule has 0 radical (unpaired) electrons. The van der Waals surface area contributed by atoms with Crippen LogP contribution in [0.25, 0.3) is 11.1 Å². The standard InChI is InChI=1S/C24H26ClF3N5O2/c1-30-23(20(25)14-29)19-13-17(6-7-21(19)35-2)31-22(34)15-32-8-10-33(11-9-32)18-5-3-4-16(12-18)24(26,27)28/h3-7,12-14,30H,8-11,15H2,1-2H3,(H,31,34)/q-1/b23-20+. The van der Waals surface area contributed by atoms with Crippen LogP contribution in [-0.4, -0.2) is 63.9 Å². The number of hydrogen-bond acceptors (Lipinski definition) is 5. The lowest BCUT2D eigenvalue weighted by molar-refractivity contribution is -0.137. The van der Waals surface area contributed by atoms with Crippen molar-refractivity contribution in [2.24, 2.45) is 0 Å². The van der Waals surface area contributed by atoms with E-state index in [-0.39, 0.29) is 17.5 Å². The fourth-order valence-corrected chi connectivity index (χ4v) is 4.07. The molecular formula is C24H26ClF3N5O2-. The lowest BCUT2D eigenvalue weighted by Crippen LogP contribution is -2.48. The Kier molecular flexibility index (Phi) is 8.63. The molecule has 2 N–H and O–H groups in total. The van der Waals surface area contributed by atoms with Crippen LogP contribution in [0.2, 0.25) is 0 Å². The van der Waals surface area contributed by atoms with Crippen molar-refractivity contribution in [2.45, 2.75) is 6.18 Å². The van der Waals surface area contributed by atoms with Crippen molar-refractivity contribution < 1.29 is 22.7 Å². The summed E-state index contributed by atoms with van der Waals surface area (Å²) in [5.41, 5.74) is 1.33. The molecule has 0 spiro atoms. The highest BCUT2D eigenvalue weighted by Crippen LogP contribution is 2.32. The van der Waals surface area contributed by atoms with Gasteiger partial charge < -0.3 is 25.7 Å². The molecule has 0 saturated carbocycles. The Bertz CT molecular complexity index is 1100. The van der Waals surface area contributed by atoms with Crippen molar-refractivity contribution in [1.82, 2.24) is 10.2 Å². The lowest BCUT2D eigenvalue weighted by Gasteiger charge is -2.36. The minimum atomic E-state index is -4.39. The first-order valence-electron chi connectivity index (χ1n) is 10.8. The number of ether oxygens (including phenoxy) is 1. The van der Waals surface area contributed by atoms with Crippen LogP contribution in [0.5, 0.6) is 5.75 Å². The third-order valence-corrected chi connectivity index (χ3v) is 5.92. The average molecular weight is 509 g/mol. The molecule has 0 aliphatic carbocycles. The quantitative estimate of drug-likeness (QED) is 0.521. The summed E-state index contributed by atoms with van der Waals surface area (Å²) in [4.78, 5) is 16.5. The molecule has 1 fully saturated rings. The van der Waals surface area contributed by atoms with Gasteiger partial charge in [0.2, 0.25) is 5.91 Å². The van der Waals surface area contributed by atoms with E-state index in [4.69, 9.17) is 16.3 Å². The minimum absolute atomic E-state index is 0.0768. The number of nitrogens with one attached hydrogen (secondary N) is 2. The van der Waals surface area contributed by atoms with Crippen LogP contribution >= 0.6 is 11.6 Å². The van der Waals surface area contributed by atoms with E-state index in [2.05, 4.69) is 10.6 Å². The summed E-state index contributed by atoms with van der Waals surface area (Å²) in [6.45, 7) is 2.22. The third-order valence-electron chi connectivity index (χ3n) is 5.63. The number of piperazine rings is 1. The molecule has 0 bridgehead atoms. The van der Waals surface area contributed by atoms with Gasteiger partial charge in [-0.2, -0.15) is 19.4 Å². The summed E-state index contributed by atoms with van der Waals surface area (Å²) in [5.74, 6) is 0.265. The van der Waals surface area contributed by atoms with Crippen molar-refractivity contribution in [3.8, 4) is 5.75 Å². The van der Waals surface area contributed by atoms with Gasteiger partial charge in [0.1, 0.15) is 5.75 Å². The van der Waals surface area contributed by atoms with Gasteiger partial charge in [0.05, 0.1) is 24.9 Å². The van der Waals surface area contributed by atoms with E-state index < -0.39 is 11.7 Å². The summed E-state index contributed by atoms with van der Waals surface area (Å²) in [7, 11) is 3.14. The van der Waals surface area contributed by atoms with E-state index in [0.29, 0.717) is 54.6 Å². The van der Waals surface area contributed by atoms with Gasteiger partial charge in [0.25, 0.3) is 0 Å². The van der Waals surface area contributed by atoms with Crippen molar-refractivity contribution in [2.75, 3.05) is 57.1 Å². The number of benzene rings is 2. The van der Waals surface area contributed by atoms with Crippen molar-refractivity contribution in [3.63, 3.8) is 0 Å². The summed E-state index contributed by atoms with van der Waals surface area (Å²) < 4.78 is 44.4. The van der Waals surface area contributed by atoms with Gasteiger partial charge >= 0.3 is 6.18 Å². The fraction of sp³-hybridized carbons (Fsp3) is 0.333. The molecule has 1 saturated heterocycles. The van der Waals surface area contributed by atoms with Gasteiger partial charge in [-0.1, -0.05) is 17.7 Å². The smallest absolute Gasteiger partial charge is 0.416 e. The highest BCUT2D eigenvalue weighted by molar-refractivity contribution is 6.42. The van der Waals surface area contributed by atoms with E-state index >= 15 is 0 Å². The number of anilines is 2. The highest BCUT2D eigenvalue weighted by Gasteiger charge is 2.31. The normalized spacial score (nSPS) is 15.3. The van der Waals surface area contributed by atoms with E-state index in [1.165, 1.54) is 13.2 Å². The molecule has 2 aromatic carbocycles. The Morgan fingerprint density at radius 3 is 2.49 bits per heavy atom. The lowest BCUT2D eigenvalue weighted by atomic mass is 10.1. The zero-order chi connectivity index (χ0) is 25.6. The Labute approximate surface area is 207 Å². The third kappa shape index (κ3) is 6.67. The first kappa shape index (κ1) is 26.4. The van der Waals surface area contributed by atoms with Crippen molar-refractivity contribution in [1.29, 1.82) is 0 Å². The molecule has 1 aliphatic rings. The second-order valence-electron chi connectivity index (χ2n) is 7.88. The molecule has 3 rings (SSSR count). The van der Waals surface area contributed by atoms with Crippen LogP contribution in [0.15, 0.2) is 47.5 Å². The molecule has 1 aliphatic heterocycles. The van der Waals surface area contributed by atoms with E-state index in [9.17, 15) is 23.4 Å². The molecular weight excluding hydrogens is 483 g/mol. The van der Waals surface area contributed by atoms with Gasteiger partial charge in [-0.05, 0) is 36.4 Å². The predicted molar refractivity (Wildman–Crippen MR) is 133 cm³/mol. The number of amides is 1. The molecule has 1 amide bonds. The Hall–Kier alpha value is -3.24. The monoisotopic (exact) mass is 508 g/mol. The number of halogens is 4. The number of methoxy groups -OCH3 is 1. The molecule has 188 valence electrons. The van der Waals surface area contributed by atoms with Crippen molar-refractivity contribution in [3.05, 3.63) is 64.0 Å². The fourth-order valence-electron chi connectivity index (χ4n) is 3.88. The van der Waals surface area contributed by atoms with E-state index in [1.54, 1.807) is 31.3 Å². The second kappa shape index (κ2) is 11.5. The summed E-state index contributed by atoms with van der Waals surface area (Å²) in [6, 6.07) is 10.3. The maximum absolute atomic E-state index is 13.0. The second-order valence-corrected chi connectivity index (χ2v) is 8.28. The number of allylic oxidation sites excluding steroid dienone is 1. The first-order valence-corrected chi connectivity index (χ1v) is 11.2. The number of nitrogens with zero attached hydrogens (tertiary/aromatic N) is 3. The predicted octanol–water partition coefficient (Wildman–Crippen LogP) is 4.24. The minimum Gasteiger partial charge on any atom is -0.809 e. The van der Waals surface area contributed by atoms with Gasteiger partial charge in [-0.15, -0.1) is 0 Å². The van der Waals surface area contributed by atoms with Crippen LogP contribution in [0.4, 0.5) is 24.5 Å². The number of carbonyl (C=O) groups is 1. The van der Waals surface area contributed by atoms with E-state index in [1.807, 2.05) is 9.80 Å². The van der Waals surface area contributed by atoms with Gasteiger partial charge in [0, 0.05) is 55.2 Å². The summed E-state index contributed by atoms with van der Waals surface area (Å²) in [6.07, 6.45) is -3.63. The van der Waals surface area contributed by atoms with Gasteiger partial charge in [-0.25, -0.2) is 0 Å². The Balaban J connectivity index is 1.61. The zero-order valence-electron chi connectivity index (χ0n) is 19.3. The number of carbonyl (C=O) groups excluding carboxylic acids is 1. The number of alkyl halides is 3. The summed E-state index contributed by atoms with van der Waals surface area (Å²) in [5, 5.41) is 15.1. The zero-order valence-corrected chi connectivity index (χ0v) is 20.1. The molecule has 0 unspecified atom stereocenters.